The van der Waals surface area contributed by atoms with Crippen LogP contribution in [0.4, 0.5) is 4.39 Å². The summed E-state index contributed by atoms with van der Waals surface area (Å²) < 4.78 is 13.0. The summed E-state index contributed by atoms with van der Waals surface area (Å²) in [5.74, 6) is -1.22. The van der Waals surface area contributed by atoms with Gasteiger partial charge in [-0.1, -0.05) is 19.1 Å². The molecule has 1 aromatic carbocycles. The molecule has 2 aromatic rings. The van der Waals surface area contributed by atoms with E-state index in [0.29, 0.717) is 30.0 Å². The Hall–Kier alpha value is -2.28. The van der Waals surface area contributed by atoms with E-state index >= 15 is 0 Å². The van der Waals surface area contributed by atoms with E-state index in [-0.39, 0.29) is 17.6 Å². The van der Waals surface area contributed by atoms with E-state index in [1.165, 1.54) is 28.4 Å². The Morgan fingerprint density at radius 2 is 2.04 bits per heavy atom. The molecule has 3 rings (SSSR count). The molecule has 1 aliphatic heterocycles. The maximum absolute atomic E-state index is 13.0. The third-order valence-electron chi connectivity index (χ3n) is 4.71. The molecule has 1 saturated heterocycles. The van der Waals surface area contributed by atoms with Crippen molar-refractivity contribution in [3.63, 3.8) is 0 Å². The third kappa shape index (κ3) is 3.93. The third-order valence-corrected chi connectivity index (χ3v) is 5.86. The highest BCUT2D eigenvalue weighted by molar-refractivity contribution is 7.13. The summed E-state index contributed by atoms with van der Waals surface area (Å²) in [6.07, 6.45) is 1.79. The largest absolute Gasteiger partial charge is 0.480 e. The van der Waals surface area contributed by atoms with Crippen molar-refractivity contribution in [3.8, 4) is 0 Å². The van der Waals surface area contributed by atoms with E-state index in [1.807, 2.05) is 6.92 Å². The van der Waals surface area contributed by atoms with Gasteiger partial charge in [0.15, 0.2) is 0 Å². The summed E-state index contributed by atoms with van der Waals surface area (Å²) in [5.41, 5.74) is 1.52. The Bertz CT molecular complexity index is 819. The van der Waals surface area contributed by atoms with Gasteiger partial charge < -0.3 is 10.0 Å². The molecule has 0 aliphatic carbocycles. The number of benzene rings is 1. The van der Waals surface area contributed by atoms with Gasteiger partial charge in [-0.25, -0.2) is 14.2 Å². The number of nitrogens with zero attached hydrogens (tertiary/aromatic N) is 2. The monoisotopic (exact) mass is 376 g/mol. The van der Waals surface area contributed by atoms with Crippen molar-refractivity contribution < 1.29 is 19.1 Å². The van der Waals surface area contributed by atoms with Crippen molar-refractivity contribution in [2.45, 2.75) is 39.2 Å². The van der Waals surface area contributed by atoms with Crippen LogP contribution in [0.3, 0.4) is 0 Å². The molecule has 5 nitrogen and oxygen atoms in total. The lowest BCUT2D eigenvalue weighted by Crippen LogP contribution is -2.49. The number of aryl methyl sites for hydroxylation is 1. The number of carbonyl (C=O) groups is 2. The number of aliphatic carboxylic acids is 1. The summed E-state index contributed by atoms with van der Waals surface area (Å²) in [6, 6.07) is 5.40. The van der Waals surface area contributed by atoms with Crippen molar-refractivity contribution in [1.82, 2.24) is 9.88 Å². The Balaban J connectivity index is 1.80. The summed E-state index contributed by atoms with van der Waals surface area (Å²) >= 11 is 1.29. The molecular formula is C19H21FN2O3S. The van der Waals surface area contributed by atoms with Gasteiger partial charge in [-0.05, 0) is 43.4 Å². The molecule has 0 saturated carbocycles. The SMILES string of the molecule is Cc1nc(Cc2ccc(F)cc2)sc1C(=O)N1CCC(C)CC1C(=O)O. The second-order valence-electron chi connectivity index (χ2n) is 6.81. The van der Waals surface area contributed by atoms with E-state index in [0.717, 1.165) is 17.0 Å². The minimum Gasteiger partial charge on any atom is -0.480 e. The van der Waals surface area contributed by atoms with Crippen LogP contribution < -0.4 is 0 Å². The summed E-state index contributed by atoms with van der Waals surface area (Å²) in [5, 5.41) is 10.2. The average molecular weight is 376 g/mol. The summed E-state index contributed by atoms with van der Waals surface area (Å²) in [7, 11) is 0. The second kappa shape index (κ2) is 7.53. The van der Waals surface area contributed by atoms with Crippen molar-refractivity contribution in [1.29, 1.82) is 0 Å². The molecule has 0 bridgehead atoms. The number of likely N-dealkylation sites (tertiary alicyclic amines) is 1. The number of hydrogen-bond acceptors (Lipinski definition) is 4. The second-order valence-corrected chi connectivity index (χ2v) is 7.89. The lowest BCUT2D eigenvalue weighted by Gasteiger charge is -2.35. The first-order valence-electron chi connectivity index (χ1n) is 8.59. The first-order chi connectivity index (χ1) is 12.3. The fourth-order valence-corrected chi connectivity index (χ4v) is 4.31. The van der Waals surface area contributed by atoms with Crippen molar-refractivity contribution in [3.05, 3.63) is 51.2 Å². The van der Waals surface area contributed by atoms with Crippen LogP contribution in [0.25, 0.3) is 0 Å². The molecule has 1 fully saturated rings. The Kier molecular flexibility index (Phi) is 5.36. The van der Waals surface area contributed by atoms with Crippen LogP contribution in [0.2, 0.25) is 0 Å². The number of halogens is 1. The molecule has 2 atom stereocenters. The first-order valence-corrected chi connectivity index (χ1v) is 9.41. The normalized spacial score (nSPS) is 20.2. The van der Waals surface area contributed by atoms with Crippen LogP contribution in [-0.2, 0) is 11.2 Å². The van der Waals surface area contributed by atoms with Crippen molar-refractivity contribution >= 4 is 23.2 Å². The molecule has 26 heavy (non-hydrogen) atoms. The standard InChI is InChI=1S/C19H21FN2O3S/c1-11-7-8-22(15(9-11)19(24)25)18(23)17-12(2)21-16(26-17)10-13-3-5-14(20)6-4-13/h3-6,11,15H,7-10H2,1-2H3,(H,24,25). The van der Waals surface area contributed by atoms with E-state index in [2.05, 4.69) is 4.98 Å². The lowest BCUT2D eigenvalue weighted by atomic mass is 9.92. The predicted molar refractivity (Wildman–Crippen MR) is 96.9 cm³/mol. The Morgan fingerprint density at radius 3 is 2.69 bits per heavy atom. The van der Waals surface area contributed by atoms with Gasteiger partial charge in [0.05, 0.1) is 10.7 Å². The van der Waals surface area contributed by atoms with E-state index in [4.69, 9.17) is 0 Å². The zero-order chi connectivity index (χ0) is 18.8. The smallest absolute Gasteiger partial charge is 0.326 e. The van der Waals surface area contributed by atoms with Gasteiger partial charge in [-0.2, -0.15) is 0 Å². The highest BCUT2D eigenvalue weighted by Crippen LogP contribution is 2.28. The molecule has 0 spiro atoms. The zero-order valence-corrected chi connectivity index (χ0v) is 15.6. The van der Waals surface area contributed by atoms with Crippen LogP contribution in [0.1, 0.15) is 45.7 Å². The van der Waals surface area contributed by atoms with Gasteiger partial charge >= 0.3 is 5.97 Å². The molecule has 2 heterocycles. The molecule has 1 N–H and O–H groups in total. The summed E-state index contributed by atoms with van der Waals surface area (Å²) in [4.78, 5) is 30.9. The number of carboxylic acid groups (broad SMARTS) is 1. The lowest BCUT2D eigenvalue weighted by molar-refractivity contribution is -0.144. The fraction of sp³-hybridized carbons (Fsp3) is 0.421. The van der Waals surface area contributed by atoms with Gasteiger partial charge in [-0.15, -0.1) is 11.3 Å². The minimum atomic E-state index is -0.960. The number of amides is 1. The number of thiazole rings is 1. The highest BCUT2D eigenvalue weighted by Gasteiger charge is 2.36. The average Bonchev–Trinajstić information content (AvgIpc) is 2.96. The quantitative estimate of drug-likeness (QED) is 0.887. The molecule has 1 aliphatic rings. The highest BCUT2D eigenvalue weighted by atomic mass is 32.1. The van der Waals surface area contributed by atoms with Gasteiger partial charge in [-0.3, -0.25) is 4.79 Å². The zero-order valence-electron chi connectivity index (χ0n) is 14.7. The number of carboxylic acids is 1. The van der Waals surface area contributed by atoms with Gasteiger partial charge in [0, 0.05) is 13.0 Å². The fourth-order valence-electron chi connectivity index (χ4n) is 3.25. The van der Waals surface area contributed by atoms with Crippen LogP contribution in [0.15, 0.2) is 24.3 Å². The molecular weight excluding hydrogens is 355 g/mol. The van der Waals surface area contributed by atoms with Crippen molar-refractivity contribution in [2.75, 3.05) is 6.54 Å². The number of carbonyl (C=O) groups excluding carboxylic acids is 1. The van der Waals surface area contributed by atoms with Crippen LogP contribution in [0, 0.1) is 18.7 Å². The number of piperidine rings is 1. The molecule has 1 aromatic heterocycles. The van der Waals surface area contributed by atoms with E-state index in [9.17, 15) is 19.1 Å². The molecule has 1 amide bonds. The Morgan fingerprint density at radius 1 is 1.35 bits per heavy atom. The van der Waals surface area contributed by atoms with E-state index in [1.54, 1.807) is 19.1 Å². The Labute approximate surface area is 155 Å². The number of aromatic nitrogens is 1. The minimum absolute atomic E-state index is 0.260. The summed E-state index contributed by atoms with van der Waals surface area (Å²) in [6.45, 7) is 4.22. The number of rotatable bonds is 4. The van der Waals surface area contributed by atoms with Gasteiger partial charge in [0.2, 0.25) is 0 Å². The molecule has 0 radical (unpaired) electrons. The molecule has 138 valence electrons. The van der Waals surface area contributed by atoms with Gasteiger partial charge in [0.25, 0.3) is 5.91 Å². The van der Waals surface area contributed by atoms with Crippen molar-refractivity contribution in [2.24, 2.45) is 5.92 Å². The predicted octanol–water partition coefficient (Wildman–Crippen LogP) is 3.51. The maximum Gasteiger partial charge on any atom is 0.326 e. The van der Waals surface area contributed by atoms with Gasteiger partial charge in [0.1, 0.15) is 16.7 Å². The topological polar surface area (TPSA) is 70.5 Å². The first kappa shape index (κ1) is 18.5. The molecule has 2 unspecified atom stereocenters. The molecule has 7 heteroatoms. The maximum atomic E-state index is 13.0. The number of hydrogen-bond donors (Lipinski definition) is 1. The van der Waals surface area contributed by atoms with Crippen LogP contribution in [-0.4, -0.2) is 39.5 Å². The van der Waals surface area contributed by atoms with E-state index < -0.39 is 12.0 Å². The van der Waals surface area contributed by atoms with Crippen LogP contribution in [0.5, 0.6) is 0 Å². The van der Waals surface area contributed by atoms with Crippen LogP contribution >= 0.6 is 11.3 Å².